The van der Waals surface area contributed by atoms with Crippen LogP contribution in [-0.4, -0.2) is 26.9 Å². The number of nitrogens with zero attached hydrogens (tertiary/aromatic N) is 3. The summed E-state index contributed by atoms with van der Waals surface area (Å²) in [6.45, 7) is 1.41. The van der Waals surface area contributed by atoms with Crippen molar-refractivity contribution in [2.45, 2.75) is 19.5 Å². The van der Waals surface area contributed by atoms with Gasteiger partial charge in [-0.1, -0.05) is 23.7 Å². The minimum Gasteiger partial charge on any atom is -0.325 e. The maximum Gasteiger partial charge on any atom is 0.224 e. The van der Waals surface area contributed by atoms with Gasteiger partial charge in [0.05, 0.1) is 18.7 Å². The van der Waals surface area contributed by atoms with Gasteiger partial charge in [0.15, 0.2) is 0 Å². The molecule has 19 heavy (non-hydrogen) atoms. The van der Waals surface area contributed by atoms with E-state index in [1.165, 1.54) is 0 Å². The summed E-state index contributed by atoms with van der Waals surface area (Å²) in [6.07, 6.45) is 5.31. The highest BCUT2D eigenvalue weighted by Crippen LogP contribution is 2.21. The lowest BCUT2D eigenvalue weighted by molar-refractivity contribution is -0.129. The third-order valence-corrected chi connectivity index (χ3v) is 3.49. The Morgan fingerprint density at radius 3 is 3.00 bits per heavy atom. The number of carbonyl (C=O) groups is 1. The van der Waals surface area contributed by atoms with Crippen LogP contribution >= 0.6 is 11.6 Å². The molecule has 0 unspecified atom stereocenters. The van der Waals surface area contributed by atoms with Gasteiger partial charge in [0, 0.05) is 29.7 Å². The maximum atomic E-state index is 11.6. The van der Waals surface area contributed by atoms with E-state index in [1.54, 1.807) is 6.33 Å². The Hall–Kier alpha value is -1.81. The van der Waals surface area contributed by atoms with Gasteiger partial charge in [-0.25, -0.2) is 4.98 Å². The van der Waals surface area contributed by atoms with Crippen molar-refractivity contribution in [3.63, 3.8) is 0 Å². The van der Waals surface area contributed by atoms with Crippen LogP contribution in [0.4, 0.5) is 0 Å². The molecule has 0 spiro atoms. The molecule has 1 saturated heterocycles. The Morgan fingerprint density at radius 1 is 1.37 bits per heavy atom. The second kappa shape index (κ2) is 5.05. The summed E-state index contributed by atoms with van der Waals surface area (Å²) in [7, 11) is 0. The summed E-state index contributed by atoms with van der Waals surface area (Å²) < 4.78 is 1.93. The van der Waals surface area contributed by atoms with E-state index >= 15 is 0 Å². The van der Waals surface area contributed by atoms with Gasteiger partial charge in [0.1, 0.15) is 0 Å². The van der Waals surface area contributed by atoms with Crippen molar-refractivity contribution in [3.8, 4) is 11.3 Å². The number of halogens is 1. The van der Waals surface area contributed by atoms with Gasteiger partial charge in [-0.3, -0.25) is 4.79 Å². The number of benzene rings is 1. The number of amides is 1. The van der Waals surface area contributed by atoms with E-state index in [1.807, 2.05) is 39.9 Å². The first-order chi connectivity index (χ1) is 9.22. The average Bonchev–Trinajstić information content (AvgIpc) is 3.00. The molecule has 0 bridgehead atoms. The zero-order valence-electron chi connectivity index (χ0n) is 10.4. The molecule has 4 nitrogen and oxygen atoms in total. The molecule has 0 aliphatic carbocycles. The van der Waals surface area contributed by atoms with Gasteiger partial charge in [-0.05, 0) is 18.6 Å². The number of hydrogen-bond acceptors (Lipinski definition) is 2. The lowest BCUT2D eigenvalue weighted by atomic mass is 10.2. The topological polar surface area (TPSA) is 38.1 Å². The highest BCUT2D eigenvalue weighted by molar-refractivity contribution is 6.30. The number of aromatic nitrogens is 2. The molecule has 98 valence electrons. The van der Waals surface area contributed by atoms with Gasteiger partial charge in [-0.2, -0.15) is 0 Å². The summed E-state index contributed by atoms with van der Waals surface area (Å²) in [4.78, 5) is 17.8. The highest BCUT2D eigenvalue weighted by Gasteiger charge is 2.20. The van der Waals surface area contributed by atoms with Crippen LogP contribution in [0.25, 0.3) is 11.3 Å². The van der Waals surface area contributed by atoms with Crippen LogP contribution in [0.2, 0.25) is 5.02 Å². The van der Waals surface area contributed by atoms with Crippen LogP contribution in [0.3, 0.4) is 0 Å². The van der Waals surface area contributed by atoms with E-state index < -0.39 is 0 Å². The van der Waals surface area contributed by atoms with Gasteiger partial charge < -0.3 is 9.47 Å². The largest absolute Gasteiger partial charge is 0.325 e. The molecule has 2 aromatic rings. The van der Waals surface area contributed by atoms with Crippen molar-refractivity contribution in [1.29, 1.82) is 0 Å². The average molecular weight is 276 g/mol. The quantitative estimate of drug-likeness (QED) is 0.864. The molecule has 0 radical (unpaired) electrons. The molecular weight excluding hydrogens is 262 g/mol. The molecule has 1 aliphatic heterocycles. The molecule has 0 atom stereocenters. The molecule has 1 amide bonds. The Balaban J connectivity index is 1.78. The van der Waals surface area contributed by atoms with Crippen LogP contribution in [0.15, 0.2) is 36.8 Å². The smallest absolute Gasteiger partial charge is 0.224 e. The van der Waals surface area contributed by atoms with E-state index in [9.17, 15) is 4.79 Å². The Morgan fingerprint density at radius 2 is 2.26 bits per heavy atom. The molecule has 1 aromatic carbocycles. The highest BCUT2D eigenvalue weighted by atomic mass is 35.5. The van der Waals surface area contributed by atoms with E-state index in [4.69, 9.17) is 11.6 Å². The Bertz CT molecular complexity index is 608. The second-order valence-electron chi connectivity index (χ2n) is 4.69. The first kappa shape index (κ1) is 12.2. The summed E-state index contributed by atoms with van der Waals surface area (Å²) >= 11 is 5.97. The number of carbonyl (C=O) groups excluding carboxylic acids is 1. The minimum absolute atomic E-state index is 0.220. The van der Waals surface area contributed by atoms with Crippen LogP contribution in [0.1, 0.15) is 12.8 Å². The van der Waals surface area contributed by atoms with E-state index in [0.29, 0.717) is 18.1 Å². The third kappa shape index (κ3) is 2.63. The summed E-state index contributed by atoms with van der Waals surface area (Å²) in [5.41, 5.74) is 1.85. The van der Waals surface area contributed by atoms with E-state index in [0.717, 1.165) is 24.2 Å². The molecule has 5 heteroatoms. The molecular formula is C14H14ClN3O. The molecule has 2 heterocycles. The van der Waals surface area contributed by atoms with Gasteiger partial charge in [-0.15, -0.1) is 0 Å². The molecule has 3 rings (SSSR count). The maximum absolute atomic E-state index is 11.6. The molecule has 1 aromatic heterocycles. The lowest BCUT2D eigenvalue weighted by Gasteiger charge is -2.15. The van der Waals surface area contributed by atoms with Gasteiger partial charge >= 0.3 is 0 Å². The zero-order valence-corrected chi connectivity index (χ0v) is 11.2. The zero-order chi connectivity index (χ0) is 13.2. The van der Waals surface area contributed by atoms with E-state index in [-0.39, 0.29) is 5.91 Å². The van der Waals surface area contributed by atoms with Crippen LogP contribution < -0.4 is 0 Å². The van der Waals surface area contributed by atoms with Crippen LogP contribution in [0.5, 0.6) is 0 Å². The molecule has 0 saturated carbocycles. The minimum atomic E-state index is 0.220. The predicted octanol–water partition coefficient (Wildman–Crippen LogP) is 2.78. The first-order valence-corrected chi connectivity index (χ1v) is 6.66. The molecule has 1 aliphatic rings. The Labute approximate surface area is 116 Å². The predicted molar refractivity (Wildman–Crippen MR) is 73.6 cm³/mol. The van der Waals surface area contributed by atoms with Gasteiger partial charge in [0.2, 0.25) is 5.91 Å². The van der Waals surface area contributed by atoms with Gasteiger partial charge in [0.25, 0.3) is 0 Å². The number of hydrogen-bond donors (Lipinski definition) is 0. The monoisotopic (exact) mass is 275 g/mol. The fraction of sp³-hybridized carbons (Fsp3) is 0.286. The normalized spacial score (nSPS) is 15.2. The van der Waals surface area contributed by atoms with Crippen LogP contribution in [0, 0.1) is 0 Å². The number of imidazole rings is 1. The van der Waals surface area contributed by atoms with Crippen LogP contribution in [-0.2, 0) is 11.5 Å². The standard InChI is InChI=1S/C14H14ClN3O/c15-12-4-1-3-11(7-12)13-8-17(9-16-13)10-18-6-2-5-14(18)19/h1,3-4,7-9H,2,5-6,10H2. The van der Waals surface area contributed by atoms with Crippen molar-refractivity contribution in [3.05, 3.63) is 41.8 Å². The van der Waals surface area contributed by atoms with Crippen molar-refractivity contribution >= 4 is 17.5 Å². The SMILES string of the molecule is O=C1CCCN1Cn1cnc(-c2cccc(Cl)c2)c1. The summed E-state index contributed by atoms with van der Waals surface area (Å²) in [5.74, 6) is 0.220. The Kier molecular flexibility index (Phi) is 3.25. The van der Waals surface area contributed by atoms with E-state index in [2.05, 4.69) is 4.98 Å². The fourth-order valence-electron chi connectivity index (χ4n) is 2.28. The molecule has 1 fully saturated rings. The van der Waals surface area contributed by atoms with Crippen molar-refractivity contribution < 1.29 is 4.79 Å². The first-order valence-electron chi connectivity index (χ1n) is 6.28. The summed E-state index contributed by atoms with van der Waals surface area (Å²) in [5, 5.41) is 0.696. The molecule has 0 N–H and O–H groups in total. The second-order valence-corrected chi connectivity index (χ2v) is 5.12. The summed E-state index contributed by atoms with van der Waals surface area (Å²) in [6, 6.07) is 7.60. The van der Waals surface area contributed by atoms with Crippen molar-refractivity contribution in [2.75, 3.05) is 6.54 Å². The fourth-order valence-corrected chi connectivity index (χ4v) is 2.48. The lowest BCUT2D eigenvalue weighted by Crippen LogP contribution is -2.26. The number of rotatable bonds is 3. The third-order valence-electron chi connectivity index (χ3n) is 3.26. The number of likely N-dealkylation sites (tertiary alicyclic amines) is 1. The van der Waals surface area contributed by atoms with Crippen molar-refractivity contribution in [1.82, 2.24) is 14.5 Å². The van der Waals surface area contributed by atoms with Crippen molar-refractivity contribution in [2.24, 2.45) is 0 Å².